The van der Waals surface area contributed by atoms with Gasteiger partial charge in [-0.3, -0.25) is 4.90 Å². The summed E-state index contributed by atoms with van der Waals surface area (Å²) >= 11 is 2.10. The molecule has 1 N–H and O–H groups in total. The molecule has 0 radical (unpaired) electrons. The van der Waals surface area contributed by atoms with Crippen LogP contribution in [0.5, 0.6) is 0 Å². The molecule has 0 bridgehead atoms. The molecular formula is C16H30N2S. The fraction of sp³-hybridized carbons (Fsp3) is 1.00. The predicted octanol–water partition coefficient (Wildman–Crippen LogP) is 2.98. The van der Waals surface area contributed by atoms with Crippen molar-refractivity contribution in [2.24, 2.45) is 11.8 Å². The summed E-state index contributed by atoms with van der Waals surface area (Å²) in [6.07, 6.45) is 7.25. The number of hydrogen-bond acceptors (Lipinski definition) is 3. The lowest BCUT2D eigenvalue weighted by Crippen LogP contribution is -2.64. The Morgan fingerprint density at radius 2 is 2.05 bits per heavy atom. The second-order valence-corrected chi connectivity index (χ2v) is 8.39. The minimum absolute atomic E-state index is 0.420. The lowest BCUT2D eigenvalue weighted by atomic mass is 9.89. The first-order valence-corrected chi connectivity index (χ1v) is 9.45. The molecule has 2 unspecified atom stereocenters. The number of thioether (sulfide) groups is 1. The Morgan fingerprint density at radius 1 is 1.26 bits per heavy atom. The lowest BCUT2D eigenvalue weighted by Gasteiger charge is -2.47. The third-order valence-corrected chi connectivity index (χ3v) is 6.28. The van der Waals surface area contributed by atoms with Crippen molar-refractivity contribution in [3.05, 3.63) is 0 Å². The van der Waals surface area contributed by atoms with Crippen LogP contribution in [0.25, 0.3) is 0 Å². The van der Waals surface area contributed by atoms with Crippen LogP contribution in [0, 0.1) is 11.8 Å². The highest BCUT2D eigenvalue weighted by atomic mass is 32.2. The van der Waals surface area contributed by atoms with Gasteiger partial charge in [0, 0.05) is 24.7 Å². The van der Waals surface area contributed by atoms with Gasteiger partial charge in [-0.15, -0.1) is 0 Å². The van der Waals surface area contributed by atoms with Crippen molar-refractivity contribution in [2.75, 3.05) is 31.1 Å². The Morgan fingerprint density at radius 3 is 2.68 bits per heavy atom. The highest BCUT2D eigenvalue weighted by molar-refractivity contribution is 7.99. The fourth-order valence-electron chi connectivity index (χ4n) is 3.76. The molecule has 3 fully saturated rings. The molecule has 19 heavy (non-hydrogen) atoms. The van der Waals surface area contributed by atoms with Gasteiger partial charge < -0.3 is 5.32 Å². The molecule has 3 aliphatic rings. The minimum Gasteiger partial charge on any atom is -0.308 e. The van der Waals surface area contributed by atoms with Crippen LogP contribution in [0.2, 0.25) is 0 Å². The minimum atomic E-state index is 0.420. The van der Waals surface area contributed by atoms with Crippen molar-refractivity contribution in [1.82, 2.24) is 10.2 Å². The molecule has 1 aliphatic heterocycles. The van der Waals surface area contributed by atoms with E-state index in [2.05, 4.69) is 35.8 Å². The zero-order valence-corrected chi connectivity index (χ0v) is 13.5. The Balaban J connectivity index is 1.54. The second kappa shape index (κ2) is 5.95. The number of nitrogens with one attached hydrogen (secondary N) is 1. The fourth-order valence-corrected chi connectivity index (χ4v) is 4.38. The van der Waals surface area contributed by atoms with Gasteiger partial charge in [-0.05, 0) is 68.9 Å². The Bertz CT molecular complexity index is 301. The molecule has 1 saturated heterocycles. The lowest BCUT2D eigenvalue weighted by molar-refractivity contribution is 0.0645. The first kappa shape index (κ1) is 14.2. The van der Waals surface area contributed by atoms with Crippen LogP contribution in [0.4, 0.5) is 0 Å². The van der Waals surface area contributed by atoms with Gasteiger partial charge in [-0.2, -0.15) is 11.8 Å². The number of rotatable bonds is 7. The molecule has 2 atom stereocenters. The van der Waals surface area contributed by atoms with E-state index in [-0.39, 0.29) is 0 Å². The molecule has 0 aromatic carbocycles. The normalized spacial score (nSPS) is 36.6. The molecule has 3 heteroatoms. The molecule has 0 spiro atoms. The third-order valence-electron chi connectivity index (χ3n) is 5.30. The smallest absolute Gasteiger partial charge is 0.0309 e. The van der Waals surface area contributed by atoms with Gasteiger partial charge in [-0.1, -0.05) is 6.92 Å². The summed E-state index contributed by atoms with van der Waals surface area (Å²) in [5, 5.41) is 3.91. The average molecular weight is 282 g/mol. The average Bonchev–Trinajstić information content (AvgIpc) is 3.28. The van der Waals surface area contributed by atoms with Crippen LogP contribution in [-0.4, -0.2) is 47.6 Å². The van der Waals surface area contributed by atoms with Gasteiger partial charge in [-0.25, -0.2) is 0 Å². The van der Waals surface area contributed by atoms with Crippen molar-refractivity contribution in [3.63, 3.8) is 0 Å². The van der Waals surface area contributed by atoms with Gasteiger partial charge in [0.2, 0.25) is 0 Å². The van der Waals surface area contributed by atoms with E-state index in [4.69, 9.17) is 0 Å². The summed E-state index contributed by atoms with van der Waals surface area (Å²) in [5.74, 6) is 4.58. The van der Waals surface area contributed by atoms with Gasteiger partial charge in [0.1, 0.15) is 0 Å². The summed E-state index contributed by atoms with van der Waals surface area (Å²) in [6.45, 7) is 8.63. The van der Waals surface area contributed by atoms with Crippen molar-refractivity contribution >= 4 is 11.8 Å². The summed E-state index contributed by atoms with van der Waals surface area (Å²) in [5.41, 5.74) is 0.420. The molecule has 0 aromatic rings. The number of nitrogens with zero attached hydrogens (tertiary/aromatic N) is 1. The van der Waals surface area contributed by atoms with E-state index in [0.717, 1.165) is 17.9 Å². The molecule has 3 rings (SSSR count). The predicted molar refractivity (Wildman–Crippen MR) is 84.8 cm³/mol. The molecule has 110 valence electrons. The maximum Gasteiger partial charge on any atom is 0.0309 e. The number of piperazine rings is 1. The zero-order chi connectivity index (χ0) is 13.3. The van der Waals surface area contributed by atoms with Crippen LogP contribution in [0.3, 0.4) is 0 Å². The van der Waals surface area contributed by atoms with E-state index >= 15 is 0 Å². The quantitative estimate of drug-likeness (QED) is 0.723. The van der Waals surface area contributed by atoms with E-state index in [0.29, 0.717) is 5.54 Å². The maximum absolute atomic E-state index is 3.91. The van der Waals surface area contributed by atoms with Gasteiger partial charge in [0.25, 0.3) is 0 Å². The van der Waals surface area contributed by atoms with Crippen LogP contribution in [0.15, 0.2) is 0 Å². The first-order valence-electron chi connectivity index (χ1n) is 8.30. The van der Waals surface area contributed by atoms with E-state index in [1.807, 2.05) is 0 Å². The van der Waals surface area contributed by atoms with E-state index in [1.54, 1.807) is 0 Å². The highest BCUT2D eigenvalue weighted by Crippen LogP contribution is 2.44. The monoisotopic (exact) mass is 282 g/mol. The summed E-state index contributed by atoms with van der Waals surface area (Å²) in [6, 6.07) is 0.846. The molecule has 1 heterocycles. The van der Waals surface area contributed by atoms with Gasteiger partial charge in [0.05, 0.1) is 0 Å². The van der Waals surface area contributed by atoms with Crippen LogP contribution < -0.4 is 5.32 Å². The molecule has 2 saturated carbocycles. The molecule has 0 aromatic heterocycles. The van der Waals surface area contributed by atoms with E-state index < -0.39 is 0 Å². The zero-order valence-electron chi connectivity index (χ0n) is 12.7. The Hall–Kier alpha value is 0.270. The maximum atomic E-state index is 3.91. The van der Waals surface area contributed by atoms with Crippen LogP contribution in [0.1, 0.15) is 46.0 Å². The van der Waals surface area contributed by atoms with Crippen molar-refractivity contribution in [1.29, 1.82) is 0 Å². The molecular weight excluding hydrogens is 252 g/mol. The summed E-state index contributed by atoms with van der Waals surface area (Å²) in [4.78, 5) is 2.85. The van der Waals surface area contributed by atoms with E-state index in [1.165, 1.54) is 63.2 Å². The molecule has 2 nitrogen and oxygen atoms in total. The van der Waals surface area contributed by atoms with Crippen molar-refractivity contribution in [3.8, 4) is 0 Å². The van der Waals surface area contributed by atoms with Crippen molar-refractivity contribution in [2.45, 2.75) is 57.5 Å². The Labute approximate surface area is 123 Å². The van der Waals surface area contributed by atoms with Crippen LogP contribution >= 0.6 is 11.8 Å². The van der Waals surface area contributed by atoms with E-state index in [9.17, 15) is 0 Å². The van der Waals surface area contributed by atoms with Crippen LogP contribution in [-0.2, 0) is 0 Å². The topological polar surface area (TPSA) is 15.3 Å². The van der Waals surface area contributed by atoms with Gasteiger partial charge >= 0.3 is 0 Å². The molecule has 0 amide bonds. The SMILES string of the molecule is CCSCCCN1CC(C)(C2CC2)NCC1C1CC1. The first-order chi connectivity index (χ1) is 9.23. The third kappa shape index (κ3) is 3.48. The largest absolute Gasteiger partial charge is 0.308 e. The van der Waals surface area contributed by atoms with Gasteiger partial charge in [0.15, 0.2) is 0 Å². The number of hydrogen-bond donors (Lipinski definition) is 1. The second-order valence-electron chi connectivity index (χ2n) is 7.00. The summed E-state index contributed by atoms with van der Waals surface area (Å²) in [7, 11) is 0. The Kier molecular flexibility index (Phi) is 4.45. The highest BCUT2D eigenvalue weighted by Gasteiger charge is 2.48. The summed E-state index contributed by atoms with van der Waals surface area (Å²) < 4.78 is 0. The molecule has 2 aliphatic carbocycles. The van der Waals surface area contributed by atoms with Crippen molar-refractivity contribution < 1.29 is 0 Å². The standard InChI is InChI=1S/C16H30N2S/c1-3-19-10-4-9-18-12-16(2,14-7-8-14)17-11-15(18)13-5-6-13/h13-15,17H,3-12H2,1-2H3.